The second-order valence-electron chi connectivity index (χ2n) is 17.4. The second kappa shape index (κ2) is 48.6. The third kappa shape index (κ3) is 46.8. The Labute approximate surface area is 366 Å². The fraction of sp³-hybridized carbons (Fsp3) is 0.868. The van der Waals surface area contributed by atoms with Crippen molar-refractivity contribution in [2.24, 2.45) is 0 Å². The average molecular weight is 831 g/mol. The van der Waals surface area contributed by atoms with Crippen LogP contribution in [0.3, 0.4) is 0 Å². The monoisotopic (exact) mass is 831 g/mol. The molecule has 0 saturated heterocycles. The zero-order chi connectivity index (χ0) is 43.0. The number of carbonyl (C=O) groups is 3. The Kier molecular flexibility index (Phi) is 46.8. The molecule has 0 spiro atoms. The van der Waals surface area contributed by atoms with E-state index in [9.17, 15) is 14.4 Å². The lowest BCUT2D eigenvalue weighted by atomic mass is 10.0. The quantitative estimate of drug-likeness (QED) is 0.0263. The van der Waals surface area contributed by atoms with Gasteiger partial charge in [-0.25, -0.2) is 0 Å². The lowest BCUT2D eigenvalue weighted by Gasteiger charge is -2.18. The third-order valence-electron chi connectivity index (χ3n) is 11.5. The number of unbranched alkanes of at least 4 members (excludes halogenated alkanes) is 32. The molecule has 0 radical (unpaired) electrons. The van der Waals surface area contributed by atoms with Crippen molar-refractivity contribution < 1.29 is 28.6 Å². The molecule has 0 N–H and O–H groups in total. The molecule has 0 bridgehead atoms. The van der Waals surface area contributed by atoms with Gasteiger partial charge >= 0.3 is 17.9 Å². The normalized spacial score (nSPS) is 12.1. The molecule has 6 heteroatoms. The number of rotatable bonds is 47. The van der Waals surface area contributed by atoms with Gasteiger partial charge in [-0.1, -0.05) is 231 Å². The molecule has 0 aromatic rings. The summed E-state index contributed by atoms with van der Waals surface area (Å²) in [4.78, 5) is 37.9. The van der Waals surface area contributed by atoms with Gasteiger partial charge in [-0.3, -0.25) is 14.4 Å². The molecule has 59 heavy (non-hydrogen) atoms. The predicted octanol–water partition coefficient (Wildman–Crippen LogP) is 16.8. The first kappa shape index (κ1) is 56.9. The maximum absolute atomic E-state index is 12.8. The molecule has 1 atom stereocenters. The molecular formula is C53H98O6. The number of ether oxygens (including phenoxy) is 3. The summed E-state index contributed by atoms with van der Waals surface area (Å²) in [6.07, 6.45) is 54.4. The van der Waals surface area contributed by atoms with Gasteiger partial charge in [0, 0.05) is 19.3 Å². The van der Waals surface area contributed by atoms with E-state index < -0.39 is 6.10 Å². The van der Waals surface area contributed by atoms with Crippen LogP contribution < -0.4 is 0 Å². The Morgan fingerprint density at radius 3 is 0.966 bits per heavy atom. The van der Waals surface area contributed by atoms with Crippen LogP contribution in [0.4, 0.5) is 0 Å². The SMILES string of the molecule is CCCCC/C=C/C/C=C/CCCCCCCC(=O)OC[C@H](COC(=O)CCCCCCCCCCCCCCC)OC(=O)CCCCCCCCCCCCCCC. The van der Waals surface area contributed by atoms with Crippen molar-refractivity contribution in [3.8, 4) is 0 Å². The van der Waals surface area contributed by atoms with Crippen molar-refractivity contribution in [1.29, 1.82) is 0 Å². The lowest BCUT2D eigenvalue weighted by molar-refractivity contribution is -0.167. The molecule has 6 nitrogen and oxygen atoms in total. The highest BCUT2D eigenvalue weighted by Gasteiger charge is 2.19. The maximum Gasteiger partial charge on any atom is 0.306 e. The first-order valence-electron chi connectivity index (χ1n) is 25.8. The first-order chi connectivity index (χ1) is 29.0. The maximum atomic E-state index is 12.8. The van der Waals surface area contributed by atoms with Crippen molar-refractivity contribution in [3.63, 3.8) is 0 Å². The van der Waals surface area contributed by atoms with Crippen molar-refractivity contribution in [1.82, 2.24) is 0 Å². The minimum Gasteiger partial charge on any atom is -0.462 e. The Hall–Kier alpha value is -2.11. The smallest absolute Gasteiger partial charge is 0.306 e. The van der Waals surface area contributed by atoms with Crippen LogP contribution in [-0.4, -0.2) is 37.2 Å². The fourth-order valence-corrected chi connectivity index (χ4v) is 7.53. The Balaban J connectivity index is 4.36. The van der Waals surface area contributed by atoms with Crippen LogP contribution >= 0.6 is 0 Å². The van der Waals surface area contributed by atoms with Gasteiger partial charge in [-0.15, -0.1) is 0 Å². The lowest BCUT2D eigenvalue weighted by Crippen LogP contribution is -2.30. The zero-order valence-electron chi connectivity index (χ0n) is 39.5. The van der Waals surface area contributed by atoms with Gasteiger partial charge in [0.05, 0.1) is 0 Å². The number of carbonyl (C=O) groups excluding carboxylic acids is 3. The summed E-state index contributed by atoms with van der Waals surface area (Å²) < 4.78 is 16.8. The van der Waals surface area contributed by atoms with Crippen LogP contribution in [0.2, 0.25) is 0 Å². The highest BCUT2D eigenvalue weighted by molar-refractivity contribution is 5.71. The first-order valence-corrected chi connectivity index (χ1v) is 25.8. The molecule has 0 saturated carbocycles. The zero-order valence-corrected chi connectivity index (χ0v) is 39.5. The molecule has 0 aliphatic carbocycles. The van der Waals surface area contributed by atoms with Crippen molar-refractivity contribution in [2.45, 2.75) is 284 Å². The van der Waals surface area contributed by atoms with Gasteiger partial charge < -0.3 is 14.2 Å². The van der Waals surface area contributed by atoms with E-state index in [2.05, 4.69) is 45.1 Å². The second-order valence-corrected chi connectivity index (χ2v) is 17.4. The van der Waals surface area contributed by atoms with Crippen LogP contribution in [0.25, 0.3) is 0 Å². The third-order valence-corrected chi connectivity index (χ3v) is 11.5. The summed E-state index contributed by atoms with van der Waals surface area (Å²) in [6, 6.07) is 0. The molecule has 0 aromatic carbocycles. The van der Waals surface area contributed by atoms with E-state index in [4.69, 9.17) is 14.2 Å². The Bertz CT molecular complexity index is 958. The Morgan fingerprint density at radius 2 is 0.610 bits per heavy atom. The molecule has 0 aromatic heterocycles. The topological polar surface area (TPSA) is 78.9 Å². The van der Waals surface area contributed by atoms with Crippen LogP contribution in [0.1, 0.15) is 278 Å². The standard InChI is InChI=1S/C53H98O6/c1-4-7-10-13-16-19-22-25-26-29-31-34-37-40-43-46-52(55)58-49-50(59-53(56)47-44-41-38-35-32-28-24-21-18-15-12-9-6-3)48-57-51(54)45-42-39-36-33-30-27-23-20-17-14-11-8-5-2/h16,19,25-26,50H,4-15,17-18,20-24,27-49H2,1-3H3/b19-16+,26-25+/t50-/m0/s1. The minimum atomic E-state index is -0.770. The summed E-state index contributed by atoms with van der Waals surface area (Å²) >= 11 is 0. The molecule has 0 heterocycles. The molecule has 0 unspecified atom stereocenters. The van der Waals surface area contributed by atoms with Crippen LogP contribution in [0, 0.1) is 0 Å². The summed E-state index contributed by atoms with van der Waals surface area (Å²) in [6.45, 7) is 6.62. The van der Waals surface area contributed by atoms with Gasteiger partial charge in [0.25, 0.3) is 0 Å². The highest BCUT2D eigenvalue weighted by atomic mass is 16.6. The van der Waals surface area contributed by atoms with E-state index in [1.165, 1.54) is 161 Å². The van der Waals surface area contributed by atoms with E-state index >= 15 is 0 Å². The van der Waals surface area contributed by atoms with Gasteiger partial charge in [0.1, 0.15) is 13.2 Å². The van der Waals surface area contributed by atoms with Crippen LogP contribution in [-0.2, 0) is 28.6 Å². The molecule has 346 valence electrons. The molecule has 0 aliphatic heterocycles. The van der Waals surface area contributed by atoms with Crippen molar-refractivity contribution in [2.75, 3.05) is 13.2 Å². The van der Waals surface area contributed by atoms with Crippen molar-refractivity contribution >= 4 is 17.9 Å². The molecule has 0 fully saturated rings. The van der Waals surface area contributed by atoms with Gasteiger partial charge in [0.15, 0.2) is 6.10 Å². The number of hydrogen-bond acceptors (Lipinski definition) is 6. The summed E-state index contributed by atoms with van der Waals surface area (Å²) in [5.41, 5.74) is 0. The minimum absolute atomic E-state index is 0.0708. The van der Waals surface area contributed by atoms with Gasteiger partial charge in [-0.05, 0) is 51.4 Å². The highest BCUT2D eigenvalue weighted by Crippen LogP contribution is 2.16. The number of esters is 3. The van der Waals surface area contributed by atoms with Gasteiger partial charge in [0.2, 0.25) is 0 Å². The largest absolute Gasteiger partial charge is 0.462 e. The molecular weight excluding hydrogens is 733 g/mol. The fourth-order valence-electron chi connectivity index (χ4n) is 7.53. The van der Waals surface area contributed by atoms with Crippen LogP contribution in [0.15, 0.2) is 24.3 Å². The summed E-state index contributed by atoms with van der Waals surface area (Å²) in [5.74, 6) is -0.871. The summed E-state index contributed by atoms with van der Waals surface area (Å²) in [5, 5.41) is 0. The summed E-state index contributed by atoms with van der Waals surface area (Å²) in [7, 11) is 0. The molecule has 0 amide bonds. The van der Waals surface area contributed by atoms with E-state index in [0.717, 1.165) is 77.0 Å². The van der Waals surface area contributed by atoms with E-state index in [-0.39, 0.29) is 31.1 Å². The number of hydrogen-bond donors (Lipinski definition) is 0. The predicted molar refractivity (Wildman–Crippen MR) is 252 cm³/mol. The van der Waals surface area contributed by atoms with E-state index in [1.807, 2.05) is 0 Å². The van der Waals surface area contributed by atoms with Crippen molar-refractivity contribution in [3.05, 3.63) is 24.3 Å². The number of allylic oxidation sites excluding steroid dienone is 4. The molecule has 0 aliphatic rings. The molecule has 0 rings (SSSR count). The van der Waals surface area contributed by atoms with Gasteiger partial charge in [-0.2, -0.15) is 0 Å². The van der Waals surface area contributed by atoms with Crippen LogP contribution in [0.5, 0.6) is 0 Å². The Morgan fingerprint density at radius 1 is 0.339 bits per heavy atom. The van der Waals surface area contributed by atoms with E-state index in [0.29, 0.717) is 19.3 Å². The van der Waals surface area contributed by atoms with E-state index in [1.54, 1.807) is 0 Å². The average Bonchev–Trinajstić information content (AvgIpc) is 3.23.